The summed E-state index contributed by atoms with van der Waals surface area (Å²) in [5.41, 5.74) is 3.51. The van der Waals surface area contributed by atoms with Crippen LogP contribution in [0.25, 0.3) is 11.1 Å². The van der Waals surface area contributed by atoms with Crippen LogP contribution < -0.4 is 0 Å². The normalized spacial score (nSPS) is 10.5. The number of nitrogens with zero attached hydrogens (tertiary/aromatic N) is 1. The number of carbonyl (C=O) groups is 2. The molecule has 25 heavy (non-hydrogen) atoms. The molecule has 0 bridgehead atoms. The van der Waals surface area contributed by atoms with E-state index in [1.54, 1.807) is 12.1 Å². The van der Waals surface area contributed by atoms with E-state index in [0.29, 0.717) is 12.0 Å². The van der Waals surface area contributed by atoms with Crippen molar-refractivity contribution in [1.82, 2.24) is 5.06 Å². The summed E-state index contributed by atoms with van der Waals surface area (Å²) >= 11 is 0. The molecule has 0 aliphatic heterocycles. The average Bonchev–Trinajstić information content (AvgIpc) is 2.64. The third-order valence-electron chi connectivity index (χ3n) is 4.19. The van der Waals surface area contributed by atoms with Gasteiger partial charge in [0.2, 0.25) is 0 Å². The number of unbranched alkanes of at least 4 members (excludes halogenated alkanes) is 3. The van der Waals surface area contributed by atoms with Gasteiger partial charge in [-0.25, -0.2) is 0 Å². The number of hydrogen-bond acceptors (Lipinski definition) is 3. The van der Waals surface area contributed by atoms with Crippen LogP contribution in [0, 0.1) is 6.92 Å². The predicted octanol–water partition coefficient (Wildman–Crippen LogP) is 4.99. The lowest BCUT2D eigenvalue weighted by molar-refractivity contribution is -0.153. The number of aryl methyl sites for hydroxylation is 1. The Morgan fingerprint density at radius 2 is 1.44 bits per heavy atom. The highest BCUT2D eigenvalue weighted by atomic mass is 16.5. The van der Waals surface area contributed by atoms with Crippen LogP contribution in [0.4, 0.5) is 0 Å². The molecule has 0 aliphatic rings. The summed E-state index contributed by atoms with van der Waals surface area (Å²) in [5.74, 6) is -1.24. The number of imide groups is 1. The van der Waals surface area contributed by atoms with Crippen LogP contribution in [0.15, 0.2) is 48.5 Å². The van der Waals surface area contributed by atoms with E-state index in [1.807, 2.05) is 43.3 Å². The number of hydroxylamine groups is 2. The highest BCUT2D eigenvalue weighted by Gasteiger charge is 2.20. The van der Waals surface area contributed by atoms with Crippen LogP contribution >= 0.6 is 0 Å². The third-order valence-corrected chi connectivity index (χ3v) is 4.19. The van der Waals surface area contributed by atoms with Gasteiger partial charge in [0.05, 0.1) is 0 Å². The second-order valence-electron chi connectivity index (χ2n) is 6.26. The molecule has 2 amide bonds. The van der Waals surface area contributed by atoms with Crippen molar-refractivity contribution in [2.45, 2.75) is 46.0 Å². The molecule has 0 aliphatic carbocycles. The molecule has 0 unspecified atom stereocenters. The molecule has 0 radical (unpaired) electrons. The molecule has 0 aromatic heterocycles. The summed E-state index contributed by atoms with van der Waals surface area (Å²) < 4.78 is 0. The molecule has 0 atom stereocenters. The SMILES string of the molecule is CCCCCCC(=O)N(O)C(=O)c1ccc(-c2ccc(C)cc2)cc1. The summed E-state index contributed by atoms with van der Waals surface area (Å²) in [4.78, 5) is 24.1. The van der Waals surface area contributed by atoms with E-state index in [0.717, 1.165) is 30.4 Å². The Labute approximate surface area is 149 Å². The van der Waals surface area contributed by atoms with Gasteiger partial charge < -0.3 is 0 Å². The quantitative estimate of drug-likeness (QED) is 0.439. The molecule has 0 spiro atoms. The van der Waals surface area contributed by atoms with Gasteiger partial charge in [0.25, 0.3) is 11.8 Å². The van der Waals surface area contributed by atoms with Crippen LogP contribution in [0.2, 0.25) is 0 Å². The van der Waals surface area contributed by atoms with Crippen molar-refractivity contribution >= 4 is 11.8 Å². The van der Waals surface area contributed by atoms with E-state index in [9.17, 15) is 14.8 Å². The molecule has 2 rings (SSSR count). The second kappa shape index (κ2) is 9.14. The third kappa shape index (κ3) is 5.26. The zero-order valence-electron chi connectivity index (χ0n) is 14.9. The minimum absolute atomic E-state index is 0.184. The lowest BCUT2D eigenvalue weighted by Gasteiger charge is -2.13. The first-order chi connectivity index (χ1) is 12.0. The van der Waals surface area contributed by atoms with Crippen LogP contribution in [0.3, 0.4) is 0 Å². The monoisotopic (exact) mass is 339 g/mol. The smallest absolute Gasteiger partial charge is 0.278 e. The van der Waals surface area contributed by atoms with Crippen molar-refractivity contribution in [2.75, 3.05) is 0 Å². The predicted molar refractivity (Wildman–Crippen MR) is 98.3 cm³/mol. The second-order valence-corrected chi connectivity index (χ2v) is 6.26. The fraction of sp³-hybridized carbons (Fsp3) is 0.333. The van der Waals surface area contributed by atoms with Gasteiger partial charge in [-0.1, -0.05) is 68.1 Å². The molecule has 132 valence electrons. The largest absolute Gasteiger partial charge is 0.284 e. The van der Waals surface area contributed by atoms with Crippen molar-refractivity contribution in [3.63, 3.8) is 0 Å². The van der Waals surface area contributed by atoms with E-state index in [-0.39, 0.29) is 11.5 Å². The highest BCUT2D eigenvalue weighted by molar-refractivity contribution is 6.03. The molecule has 0 fully saturated rings. The Kier molecular flexibility index (Phi) is 6.90. The molecule has 4 heteroatoms. The summed E-state index contributed by atoms with van der Waals surface area (Å²) in [7, 11) is 0. The Morgan fingerprint density at radius 1 is 0.880 bits per heavy atom. The van der Waals surface area contributed by atoms with E-state index in [4.69, 9.17) is 0 Å². The van der Waals surface area contributed by atoms with E-state index in [2.05, 4.69) is 6.92 Å². The van der Waals surface area contributed by atoms with Gasteiger partial charge in [-0.2, -0.15) is 5.06 Å². The van der Waals surface area contributed by atoms with Gasteiger partial charge in [-0.15, -0.1) is 0 Å². The number of amides is 2. The zero-order valence-corrected chi connectivity index (χ0v) is 14.9. The van der Waals surface area contributed by atoms with Gasteiger partial charge in [0.15, 0.2) is 0 Å². The average molecular weight is 339 g/mol. The molecule has 1 N–H and O–H groups in total. The van der Waals surface area contributed by atoms with Crippen LogP contribution in [0.5, 0.6) is 0 Å². The minimum atomic E-state index is -0.684. The van der Waals surface area contributed by atoms with Gasteiger partial charge in [-0.3, -0.25) is 14.8 Å². The molecule has 0 saturated carbocycles. The Hall–Kier alpha value is -2.46. The summed E-state index contributed by atoms with van der Waals surface area (Å²) in [6.45, 7) is 4.12. The number of rotatable bonds is 7. The molecular formula is C21H25NO3. The molecule has 0 heterocycles. The zero-order chi connectivity index (χ0) is 18.2. The molecule has 2 aromatic rings. The maximum absolute atomic E-state index is 12.2. The molecule has 4 nitrogen and oxygen atoms in total. The lowest BCUT2D eigenvalue weighted by atomic mass is 10.0. The topological polar surface area (TPSA) is 57.6 Å². The molecular weight excluding hydrogens is 314 g/mol. The summed E-state index contributed by atoms with van der Waals surface area (Å²) in [5, 5.41) is 10.1. The maximum atomic E-state index is 12.2. The first-order valence-corrected chi connectivity index (χ1v) is 8.76. The number of benzene rings is 2. The number of hydrogen-bond donors (Lipinski definition) is 1. The summed E-state index contributed by atoms with van der Waals surface area (Å²) in [6.07, 6.45) is 3.92. The van der Waals surface area contributed by atoms with Crippen molar-refractivity contribution in [2.24, 2.45) is 0 Å². The molecule has 2 aromatic carbocycles. The fourth-order valence-electron chi connectivity index (χ4n) is 2.60. The van der Waals surface area contributed by atoms with Crippen molar-refractivity contribution < 1.29 is 14.8 Å². The molecule has 0 saturated heterocycles. The minimum Gasteiger partial charge on any atom is -0.278 e. The maximum Gasteiger partial charge on any atom is 0.284 e. The van der Waals surface area contributed by atoms with E-state index >= 15 is 0 Å². The van der Waals surface area contributed by atoms with Crippen LogP contribution in [-0.4, -0.2) is 22.1 Å². The van der Waals surface area contributed by atoms with Crippen molar-refractivity contribution in [3.8, 4) is 11.1 Å². The first-order valence-electron chi connectivity index (χ1n) is 8.76. The fourth-order valence-corrected chi connectivity index (χ4v) is 2.60. The van der Waals surface area contributed by atoms with Gasteiger partial charge in [-0.05, 0) is 36.6 Å². The highest BCUT2D eigenvalue weighted by Crippen LogP contribution is 2.21. The summed E-state index contributed by atoms with van der Waals surface area (Å²) in [6, 6.07) is 15.0. The Morgan fingerprint density at radius 3 is 2.00 bits per heavy atom. The Balaban J connectivity index is 1.99. The van der Waals surface area contributed by atoms with Gasteiger partial charge in [0.1, 0.15) is 0 Å². The van der Waals surface area contributed by atoms with Crippen molar-refractivity contribution in [3.05, 3.63) is 59.7 Å². The number of carbonyl (C=O) groups excluding carboxylic acids is 2. The van der Waals surface area contributed by atoms with Gasteiger partial charge in [0, 0.05) is 12.0 Å². The standard InChI is InChI=1S/C21H25NO3/c1-3-4-5-6-7-20(23)22(25)21(24)19-14-12-18(13-15-19)17-10-8-16(2)9-11-17/h8-15,25H,3-7H2,1-2H3. The lowest BCUT2D eigenvalue weighted by Crippen LogP contribution is -2.33. The van der Waals surface area contributed by atoms with Gasteiger partial charge >= 0.3 is 0 Å². The van der Waals surface area contributed by atoms with E-state index in [1.165, 1.54) is 5.56 Å². The van der Waals surface area contributed by atoms with Crippen molar-refractivity contribution in [1.29, 1.82) is 0 Å². The first kappa shape index (κ1) is 18.9. The Bertz CT molecular complexity index is 705. The van der Waals surface area contributed by atoms with Crippen LogP contribution in [0.1, 0.15) is 54.9 Å². The van der Waals surface area contributed by atoms with Crippen LogP contribution in [-0.2, 0) is 4.79 Å². The van der Waals surface area contributed by atoms with E-state index < -0.39 is 11.8 Å².